The fourth-order valence-corrected chi connectivity index (χ4v) is 4.39. The van der Waals surface area contributed by atoms with Crippen LogP contribution in [0, 0.1) is 5.92 Å². The van der Waals surface area contributed by atoms with Crippen molar-refractivity contribution in [3.63, 3.8) is 0 Å². The summed E-state index contributed by atoms with van der Waals surface area (Å²) in [5.41, 5.74) is 1.47. The molecule has 2 aromatic rings. The second-order valence-electron chi connectivity index (χ2n) is 7.56. The van der Waals surface area contributed by atoms with Gasteiger partial charge >= 0.3 is 7.12 Å². The summed E-state index contributed by atoms with van der Waals surface area (Å²) < 4.78 is 11.4. The molecule has 26 heavy (non-hydrogen) atoms. The smallest absolute Gasteiger partial charge is 0.464 e. The van der Waals surface area contributed by atoms with Crippen LogP contribution in [0.3, 0.4) is 0 Å². The van der Waals surface area contributed by atoms with E-state index in [1.807, 2.05) is 24.3 Å². The van der Waals surface area contributed by atoms with E-state index in [0.717, 1.165) is 55.2 Å². The number of para-hydroxylation sites is 1. The second-order valence-corrected chi connectivity index (χ2v) is 7.56. The summed E-state index contributed by atoms with van der Waals surface area (Å²) >= 11 is 0. The van der Waals surface area contributed by atoms with E-state index < -0.39 is 13.1 Å². The van der Waals surface area contributed by atoms with Gasteiger partial charge < -0.3 is 24.5 Å². The highest BCUT2D eigenvalue weighted by molar-refractivity contribution is 6.43. The van der Waals surface area contributed by atoms with Gasteiger partial charge in [-0.2, -0.15) is 0 Å². The molecule has 1 aliphatic carbocycles. The minimum absolute atomic E-state index is 0.122. The predicted octanol–water partition coefficient (Wildman–Crippen LogP) is 1.82. The summed E-state index contributed by atoms with van der Waals surface area (Å²) in [4.78, 5) is 12.7. The van der Waals surface area contributed by atoms with Gasteiger partial charge in [-0.3, -0.25) is 4.79 Å². The van der Waals surface area contributed by atoms with Gasteiger partial charge in [0.1, 0.15) is 5.58 Å². The zero-order valence-corrected chi connectivity index (χ0v) is 14.7. The Balaban J connectivity index is 1.43. The zero-order chi connectivity index (χ0) is 18.1. The van der Waals surface area contributed by atoms with Gasteiger partial charge in [-0.15, -0.1) is 0 Å². The molecular weight excluding hydrogens is 333 g/mol. The lowest BCUT2D eigenvalue weighted by Crippen LogP contribution is -2.49. The minimum Gasteiger partial charge on any atom is -0.464 e. The molecule has 4 rings (SSSR count). The van der Waals surface area contributed by atoms with E-state index in [2.05, 4.69) is 5.32 Å². The number of carbonyl (C=O) groups excluding carboxylic acids is 1. The summed E-state index contributed by atoms with van der Waals surface area (Å²) in [7, 11) is -1.63. The lowest BCUT2D eigenvalue weighted by Gasteiger charge is -2.23. The molecule has 6 nitrogen and oxygen atoms in total. The molecule has 3 N–H and O–H groups in total. The number of nitrogens with one attached hydrogen (secondary N) is 1. The molecule has 2 heterocycles. The number of benzene rings is 1. The number of hydrogen-bond acceptors (Lipinski definition) is 5. The molecule has 0 radical (unpaired) electrons. The van der Waals surface area contributed by atoms with Crippen molar-refractivity contribution < 1.29 is 24.0 Å². The molecule has 138 valence electrons. The fraction of sp³-hybridized carbons (Fsp3) is 0.526. The molecule has 1 saturated carbocycles. The van der Waals surface area contributed by atoms with Crippen molar-refractivity contribution in [3.8, 4) is 0 Å². The molecule has 0 bridgehead atoms. The van der Waals surface area contributed by atoms with Gasteiger partial charge in [0.2, 0.25) is 5.91 Å². The first-order valence-corrected chi connectivity index (χ1v) is 9.32. The molecule has 1 spiro atoms. The lowest BCUT2D eigenvalue weighted by atomic mass is 9.75. The minimum atomic E-state index is -1.63. The van der Waals surface area contributed by atoms with Gasteiger partial charge in [0.05, 0.1) is 17.8 Å². The second kappa shape index (κ2) is 7.06. The Morgan fingerprint density at radius 3 is 2.96 bits per heavy atom. The van der Waals surface area contributed by atoms with Crippen LogP contribution >= 0.6 is 0 Å². The molecule has 1 aliphatic heterocycles. The van der Waals surface area contributed by atoms with E-state index in [1.54, 1.807) is 6.26 Å². The average molecular weight is 357 g/mol. The maximum absolute atomic E-state index is 12.7. The number of ether oxygens (including phenoxy) is 1. The van der Waals surface area contributed by atoms with Crippen LogP contribution in [0.1, 0.15) is 37.7 Å². The van der Waals surface area contributed by atoms with E-state index >= 15 is 0 Å². The number of amides is 1. The number of carbonyl (C=O) groups is 1. The number of fused-ring (bicyclic) bond motifs is 1. The summed E-state index contributed by atoms with van der Waals surface area (Å²) in [6.07, 6.45) is 6.40. The Morgan fingerprint density at radius 1 is 1.35 bits per heavy atom. The first-order valence-electron chi connectivity index (χ1n) is 9.32. The third-order valence-corrected chi connectivity index (χ3v) is 5.81. The van der Waals surface area contributed by atoms with Crippen LogP contribution in [-0.4, -0.2) is 41.2 Å². The Bertz CT molecular complexity index is 783. The van der Waals surface area contributed by atoms with Gasteiger partial charge in [-0.25, -0.2) is 0 Å². The molecule has 2 unspecified atom stereocenters. The van der Waals surface area contributed by atoms with Crippen molar-refractivity contribution in [2.75, 3.05) is 6.61 Å². The van der Waals surface area contributed by atoms with Gasteiger partial charge in [0.15, 0.2) is 0 Å². The van der Waals surface area contributed by atoms with Crippen LogP contribution in [0.25, 0.3) is 11.0 Å². The Hall–Kier alpha value is -1.83. The molecule has 2 aliphatic rings. The van der Waals surface area contributed by atoms with Gasteiger partial charge in [0, 0.05) is 17.9 Å². The van der Waals surface area contributed by atoms with Crippen molar-refractivity contribution in [1.82, 2.24) is 5.32 Å². The van der Waals surface area contributed by atoms with Crippen LogP contribution in [0.4, 0.5) is 0 Å². The highest BCUT2D eigenvalue weighted by Crippen LogP contribution is 2.44. The van der Waals surface area contributed by atoms with E-state index in [0.29, 0.717) is 6.42 Å². The standard InChI is InChI=1S/C19H24BNO5/c22-18(13-6-8-19(11-13)7-3-9-26-19)21-17(20(23)24)10-14-12-25-16-5-2-1-4-15(14)16/h1-2,4-5,12-13,17,23-24H,3,6-11H2,(H,21,22)/t13?,17-,19?/m0/s1. The maximum Gasteiger partial charge on any atom is 0.475 e. The highest BCUT2D eigenvalue weighted by atomic mass is 16.5. The SMILES string of the molecule is O=C(N[C@@H](Cc1coc2ccccc12)B(O)O)C1CCC2(CCCO2)C1. The maximum atomic E-state index is 12.7. The third-order valence-electron chi connectivity index (χ3n) is 5.81. The van der Waals surface area contributed by atoms with Crippen molar-refractivity contribution in [2.45, 2.75) is 50.1 Å². The van der Waals surface area contributed by atoms with E-state index in [9.17, 15) is 14.8 Å². The first kappa shape index (κ1) is 17.6. The molecule has 1 aromatic carbocycles. The van der Waals surface area contributed by atoms with Gasteiger partial charge in [-0.05, 0) is 50.2 Å². The van der Waals surface area contributed by atoms with Crippen LogP contribution in [-0.2, 0) is 16.0 Å². The Kier molecular flexibility index (Phi) is 4.77. The average Bonchev–Trinajstić information content (AvgIpc) is 3.36. The number of furan rings is 1. The summed E-state index contributed by atoms with van der Waals surface area (Å²) in [5.74, 6) is -1.02. The molecule has 1 saturated heterocycles. The summed E-state index contributed by atoms with van der Waals surface area (Å²) in [6, 6.07) is 7.58. The molecule has 1 aromatic heterocycles. The van der Waals surface area contributed by atoms with Crippen molar-refractivity contribution in [3.05, 3.63) is 36.1 Å². The van der Waals surface area contributed by atoms with Crippen LogP contribution in [0.5, 0.6) is 0 Å². The monoisotopic (exact) mass is 357 g/mol. The molecule has 2 fully saturated rings. The largest absolute Gasteiger partial charge is 0.475 e. The van der Waals surface area contributed by atoms with Crippen molar-refractivity contribution in [2.24, 2.45) is 5.92 Å². The number of hydrogen-bond donors (Lipinski definition) is 3. The number of rotatable bonds is 5. The van der Waals surface area contributed by atoms with Crippen molar-refractivity contribution >= 4 is 24.0 Å². The Labute approximate surface area is 152 Å². The first-order chi connectivity index (χ1) is 12.6. The Morgan fingerprint density at radius 2 is 2.19 bits per heavy atom. The molecule has 3 atom stereocenters. The quantitative estimate of drug-likeness (QED) is 0.710. The highest BCUT2D eigenvalue weighted by Gasteiger charge is 2.45. The normalized spacial score (nSPS) is 26.5. The van der Waals surface area contributed by atoms with Crippen molar-refractivity contribution in [1.29, 1.82) is 0 Å². The summed E-state index contributed by atoms with van der Waals surface area (Å²) in [5, 5.41) is 23.3. The van der Waals surface area contributed by atoms with Crippen LogP contribution in [0.15, 0.2) is 34.9 Å². The topological polar surface area (TPSA) is 91.9 Å². The zero-order valence-electron chi connectivity index (χ0n) is 14.7. The van der Waals surface area contributed by atoms with E-state index in [-0.39, 0.29) is 17.4 Å². The van der Waals surface area contributed by atoms with Gasteiger partial charge in [-0.1, -0.05) is 18.2 Å². The lowest BCUT2D eigenvalue weighted by molar-refractivity contribution is -0.125. The summed E-state index contributed by atoms with van der Waals surface area (Å²) in [6.45, 7) is 0.778. The molecule has 1 amide bonds. The third kappa shape index (κ3) is 3.39. The molecular formula is C19H24BNO5. The van der Waals surface area contributed by atoms with E-state index in [1.165, 1.54) is 0 Å². The predicted molar refractivity (Wildman–Crippen MR) is 97.3 cm³/mol. The molecule has 7 heteroatoms. The van der Waals surface area contributed by atoms with E-state index in [4.69, 9.17) is 9.15 Å². The van der Waals surface area contributed by atoms with Crippen LogP contribution < -0.4 is 5.32 Å². The fourth-order valence-electron chi connectivity index (χ4n) is 4.39. The van der Waals surface area contributed by atoms with Crippen LogP contribution in [0.2, 0.25) is 0 Å². The van der Waals surface area contributed by atoms with Gasteiger partial charge in [0.25, 0.3) is 0 Å².